The lowest BCUT2D eigenvalue weighted by Gasteiger charge is -2.12. The van der Waals surface area contributed by atoms with Crippen molar-refractivity contribution in [2.45, 2.75) is 0 Å². The second-order valence-electron chi connectivity index (χ2n) is 2.18. The van der Waals surface area contributed by atoms with E-state index in [0.29, 0.717) is 6.08 Å². The monoisotopic (exact) mass is 193 g/mol. The molecule has 0 fully saturated rings. The highest BCUT2D eigenvalue weighted by molar-refractivity contribution is 5.94. The number of carbonyl (C=O) groups excluding carboxylic acids is 1. The van der Waals surface area contributed by atoms with Crippen LogP contribution in [0.3, 0.4) is 0 Å². The van der Waals surface area contributed by atoms with Gasteiger partial charge in [-0.2, -0.15) is 10.5 Å². The minimum absolute atomic E-state index is 0.240. The number of carboxylic acids is 1. The van der Waals surface area contributed by atoms with E-state index in [1.807, 2.05) is 0 Å². The van der Waals surface area contributed by atoms with E-state index in [4.69, 9.17) is 15.6 Å². The highest BCUT2D eigenvalue weighted by Gasteiger charge is 2.09. The Morgan fingerprint density at radius 1 is 1.21 bits per heavy atom. The predicted molar refractivity (Wildman–Crippen MR) is 44.6 cm³/mol. The van der Waals surface area contributed by atoms with Crippen molar-refractivity contribution < 1.29 is 14.7 Å². The molecule has 1 N–H and O–H groups in total. The van der Waals surface area contributed by atoms with Crippen molar-refractivity contribution >= 4 is 11.9 Å². The molecule has 0 aliphatic heterocycles. The first-order valence-electron chi connectivity index (χ1n) is 3.55. The summed E-state index contributed by atoms with van der Waals surface area (Å²) >= 11 is 0. The Labute approximate surface area is 80.3 Å². The van der Waals surface area contributed by atoms with Gasteiger partial charge in [0.05, 0.1) is 12.1 Å². The van der Waals surface area contributed by atoms with Crippen LogP contribution >= 0.6 is 0 Å². The van der Waals surface area contributed by atoms with Gasteiger partial charge in [-0.15, -0.1) is 0 Å². The molecule has 0 radical (unpaired) electrons. The average molecular weight is 193 g/mol. The van der Waals surface area contributed by atoms with Gasteiger partial charge < -0.3 is 10.0 Å². The quantitative estimate of drug-likeness (QED) is 0.478. The summed E-state index contributed by atoms with van der Waals surface area (Å²) in [7, 11) is 0. The summed E-state index contributed by atoms with van der Waals surface area (Å²) in [5, 5.41) is 24.8. The predicted octanol–water partition coefficient (Wildman–Crippen LogP) is -0.497. The molecule has 0 spiro atoms. The largest absolute Gasteiger partial charge is 0.478 e. The Bertz CT molecular complexity index is 319. The number of nitrogens with zero attached hydrogens (tertiary/aromatic N) is 3. The number of aliphatic carboxylic acids is 1. The third kappa shape index (κ3) is 4.52. The standard InChI is InChI=1S/C8H7N3O3/c9-3-5-11(6-4-10)7(12)1-2-8(13)14/h1-2H,5-6H2,(H,13,14)/b2-1+. The van der Waals surface area contributed by atoms with Gasteiger partial charge in [0.1, 0.15) is 13.1 Å². The molecule has 0 saturated carbocycles. The van der Waals surface area contributed by atoms with E-state index in [0.717, 1.165) is 11.0 Å². The van der Waals surface area contributed by atoms with Crippen LogP contribution < -0.4 is 0 Å². The first-order chi connectivity index (χ1) is 6.61. The number of nitriles is 2. The Kier molecular flexibility index (Phi) is 5.17. The van der Waals surface area contributed by atoms with Gasteiger partial charge in [0.25, 0.3) is 0 Å². The third-order valence-electron chi connectivity index (χ3n) is 1.20. The first kappa shape index (κ1) is 11.7. The second-order valence-corrected chi connectivity index (χ2v) is 2.18. The molecule has 0 unspecified atom stereocenters. The van der Waals surface area contributed by atoms with Crippen LogP contribution in [0.5, 0.6) is 0 Å². The summed E-state index contributed by atoms with van der Waals surface area (Å²) in [6.07, 6.45) is 1.46. The fourth-order valence-electron chi connectivity index (χ4n) is 0.630. The molecular formula is C8H7N3O3. The molecule has 0 heterocycles. The minimum atomic E-state index is -1.26. The lowest BCUT2D eigenvalue weighted by molar-refractivity contribution is -0.132. The molecule has 0 bridgehead atoms. The molecular weight excluding hydrogens is 186 g/mol. The SMILES string of the molecule is N#CCN(CC#N)C(=O)/C=C/C(=O)O. The van der Waals surface area contributed by atoms with Crippen molar-refractivity contribution in [2.24, 2.45) is 0 Å². The topological polar surface area (TPSA) is 105 Å². The van der Waals surface area contributed by atoms with Crippen LogP contribution in [0.2, 0.25) is 0 Å². The normalized spacial score (nSPS) is 9.00. The number of carbonyl (C=O) groups is 2. The number of carboxylic acid groups (broad SMARTS) is 1. The van der Waals surface area contributed by atoms with E-state index < -0.39 is 11.9 Å². The summed E-state index contributed by atoms with van der Waals surface area (Å²) in [6, 6.07) is 3.39. The van der Waals surface area contributed by atoms with Crippen LogP contribution in [0, 0.1) is 22.7 Å². The summed E-state index contributed by atoms with van der Waals surface area (Å²) < 4.78 is 0. The molecule has 1 amide bonds. The number of hydrogen-bond donors (Lipinski definition) is 1. The smallest absolute Gasteiger partial charge is 0.328 e. The molecule has 0 aliphatic carbocycles. The van der Waals surface area contributed by atoms with E-state index in [1.54, 1.807) is 12.1 Å². The summed E-state index contributed by atoms with van der Waals surface area (Å²) in [4.78, 5) is 22.1. The zero-order chi connectivity index (χ0) is 11.0. The van der Waals surface area contributed by atoms with Gasteiger partial charge in [-0.3, -0.25) is 4.79 Å². The molecule has 0 saturated heterocycles. The van der Waals surface area contributed by atoms with Crippen molar-refractivity contribution in [3.05, 3.63) is 12.2 Å². The minimum Gasteiger partial charge on any atom is -0.478 e. The maximum absolute atomic E-state index is 11.1. The molecule has 6 nitrogen and oxygen atoms in total. The zero-order valence-electron chi connectivity index (χ0n) is 7.17. The third-order valence-corrected chi connectivity index (χ3v) is 1.20. The van der Waals surface area contributed by atoms with Crippen LogP contribution in [0.1, 0.15) is 0 Å². The fraction of sp³-hybridized carbons (Fsp3) is 0.250. The van der Waals surface area contributed by atoms with Crippen LogP contribution in [0.4, 0.5) is 0 Å². The molecule has 0 aromatic heterocycles. The van der Waals surface area contributed by atoms with Crippen LogP contribution in [0.25, 0.3) is 0 Å². The van der Waals surface area contributed by atoms with Crippen molar-refractivity contribution in [3.8, 4) is 12.1 Å². The van der Waals surface area contributed by atoms with Gasteiger partial charge in [0, 0.05) is 12.2 Å². The number of amides is 1. The first-order valence-corrected chi connectivity index (χ1v) is 3.55. The van der Waals surface area contributed by atoms with Crippen molar-refractivity contribution in [3.63, 3.8) is 0 Å². The Morgan fingerprint density at radius 2 is 1.71 bits per heavy atom. The van der Waals surface area contributed by atoms with Crippen LogP contribution in [0.15, 0.2) is 12.2 Å². The summed E-state index contributed by atoms with van der Waals surface area (Å²) in [5.74, 6) is -1.93. The van der Waals surface area contributed by atoms with Gasteiger partial charge in [0.15, 0.2) is 0 Å². The maximum Gasteiger partial charge on any atom is 0.328 e. The van der Waals surface area contributed by atoms with Gasteiger partial charge in [-0.1, -0.05) is 0 Å². The van der Waals surface area contributed by atoms with Crippen molar-refractivity contribution in [1.29, 1.82) is 10.5 Å². The van der Waals surface area contributed by atoms with E-state index in [1.165, 1.54) is 0 Å². The van der Waals surface area contributed by atoms with E-state index >= 15 is 0 Å². The van der Waals surface area contributed by atoms with Crippen LogP contribution in [-0.2, 0) is 9.59 Å². The highest BCUT2D eigenvalue weighted by atomic mass is 16.4. The molecule has 6 heteroatoms. The highest BCUT2D eigenvalue weighted by Crippen LogP contribution is 1.90. The van der Waals surface area contributed by atoms with Gasteiger partial charge in [-0.25, -0.2) is 4.79 Å². The Balaban J connectivity index is 4.39. The zero-order valence-corrected chi connectivity index (χ0v) is 7.17. The molecule has 0 atom stereocenters. The Hall–Kier alpha value is -2.34. The molecule has 14 heavy (non-hydrogen) atoms. The van der Waals surface area contributed by atoms with E-state index in [9.17, 15) is 9.59 Å². The van der Waals surface area contributed by atoms with Crippen LogP contribution in [-0.4, -0.2) is 35.0 Å². The second kappa shape index (κ2) is 6.21. The van der Waals surface area contributed by atoms with Gasteiger partial charge in [0.2, 0.25) is 5.91 Å². The van der Waals surface area contributed by atoms with Crippen molar-refractivity contribution in [2.75, 3.05) is 13.1 Å². The number of rotatable bonds is 4. The molecule has 0 rings (SSSR count). The number of hydrogen-bond acceptors (Lipinski definition) is 4. The molecule has 0 aromatic carbocycles. The van der Waals surface area contributed by atoms with Gasteiger partial charge >= 0.3 is 5.97 Å². The fourth-order valence-corrected chi connectivity index (χ4v) is 0.630. The lowest BCUT2D eigenvalue weighted by atomic mass is 10.4. The van der Waals surface area contributed by atoms with E-state index in [-0.39, 0.29) is 13.1 Å². The lowest BCUT2D eigenvalue weighted by Crippen LogP contribution is -2.30. The van der Waals surface area contributed by atoms with E-state index in [2.05, 4.69) is 0 Å². The molecule has 0 aromatic rings. The average Bonchev–Trinajstić information content (AvgIpc) is 2.14. The Morgan fingerprint density at radius 3 is 2.07 bits per heavy atom. The summed E-state index contributed by atoms with van der Waals surface area (Å²) in [6.45, 7) is -0.479. The van der Waals surface area contributed by atoms with Crippen molar-refractivity contribution in [1.82, 2.24) is 4.90 Å². The summed E-state index contributed by atoms with van der Waals surface area (Å²) in [5.41, 5.74) is 0. The maximum atomic E-state index is 11.1. The molecule has 72 valence electrons. The molecule has 0 aliphatic rings. The van der Waals surface area contributed by atoms with Gasteiger partial charge in [-0.05, 0) is 0 Å².